The maximum absolute atomic E-state index is 12.7. The van der Waals surface area contributed by atoms with E-state index in [9.17, 15) is 9.59 Å². The minimum Gasteiger partial charge on any atom is -0.352 e. The van der Waals surface area contributed by atoms with Crippen LogP contribution in [-0.4, -0.2) is 21.6 Å². The Bertz CT molecular complexity index is 962. The van der Waals surface area contributed by atoms with E-state index < -0.39 is 0 Å². The molecule has 1 heterocycles. The first kappa shape index (κ1) is 18.4. The van der Waals surface area contributed by atoms with Crippen molar-refractivity contribution in [1.29, 1.82) is 0 Å². The fraction of sp³-hybridized carbons (Fsp3) is 0.190. The molecule has 2 amide bonds. The Hall–Kier alpha value is -3.41. The largest absolute Gasteiger partial charge is 0.352 e. The summed E-state index contributed by atoms with van der Waals surface area (Å²) in [5.41, 5.74) is 4.32. The van der Waals surface area contributed by atoms with Crippen LogP contribution in [0.1, 0.15) is 34.0 Å². The Kier molecular flexibility index (Phi) is 5.66. The molecule has 0 fully saturated rings. The number of rotatable bonds is 6. The maximum Gasteiger partial charge on any atom is 0.253 e. The second-order valence-corrected chi connectivity index (χ2v) is 6.33. The van der Waals surface area contributed by atoms with Crippen molar-refractivity contribution in [1.82, 2.24) is 20.4 Å². The number of carbonyl (C=O) groups is 2. The SMILES string of the molecule is CC(=O)NCc1cnn(-c2ccccc2C(=O)NCc2ccccc2C)c1. The fourth-order valence-electron chi connectivity index (χ4n) is 2.75. The molecule has 138 valence electrons. The summed E-state index contributed by atoms with van der Waals surface area (Å²) < 4.78 is 1.65. The van der Waals surface area contributed by atoms with Gasteiger partial charge in [0.25, 0.3) is 5.91 Å². The Labute approximate surface area is 158 Å². The first-order chi connectivity index (χ1) is 13.0. The molecule has 0 aliphatic heterocycles. The van der Waals surface area contributed by atoms with Gasteiger partial charge < -0.3 is 10.6 Å². The summed E-state index contributed by atoms with van der Waals surface area (Å²) in [6.07, 6.45) is 3.49. The van der Waals surface area contributed by atoms with Crippen LogP contribution in [0.3, 0.4) is 0 Å². The molecular formula is C21H22N4O2. The lowest BCUT2D eigenvalue weighted by atomic mass is 10.1. The summed E-state index contributed by atoms with van der Waals surface area (Å²) in [5, 5.41) is 10.0. The van der Waals surface area contributed by atoms with Gasteiger partial charge in [-0.05, 0) is 30.2 Å². The van der Waals surface area contributed by atoms with Crippen LogP contribution >= 0.6 is 0 Å². The average Bonchev–Trinajstić information content (AvgIpc) is 3.14. The Morgan fingerprint density at radius 2 is 1.74 bits per heavy atom. The number of nitrogens with zero attached hydrogens (tertiary/aromatic N) is 2. The molecule has 3 rings (SSSR count). The van der Waals surface area contributed by atoms with Crippen molar-refractivity contribution >= 4 is 11.8 Å². The number of nitrogens with one attached hydrogen (secondary N) is 2. The van der Waals surface area contributed by atoms with Crippen LogP contribution in [0.4, 0.5) is 0 Å². The predicted molar refractivity (Wildman–Crippen MR) is 103 cm³/mol. The van der Waals surface area contributed by atoms with E-state index >= 15 is 0 Å². The molecule has 0 spiro atoms. The zero-order valence-electron chi connectivity index (χ0n) is 15.4. The van der Waals surface area contributed by atoms with E-state index in [0.717, 1.165) is 16.7 Å². The van der Waals surface area contributed by atoms with Crippen LogP contribution in [0.2, 0.25) is 0 Å². The van der Waals surface area contributed by atoms with Crippen LogP contribution in [0.25, 0.3) is 5.69 Å². The lowest BCUT2D eigenvalue weighted by Gasteiger charge is -2.11. The van der Waals surface area contributed by atoms with E-state index in [1.807, 2.05) is 55.6 Å². The maximum atomic E-state index is 12.7. The fourth-order valence-corrected chi connectivity index (χ4v) is 2.75. The number of hydrogen-bond acceptors (Lipinski definition) is 3. The number of benzene rings is 2. The highest BCUT2D eigenvalue weighted by atomic mass is 16.2. The molecule has 0 saturated heterocycles. The van der Waals surface area contributed by atoms with Crippen molar-refractivity contribution < 1.29 is 9.59 Å². The highest BCUT2D eigenvalue weighted by Gasteiger charge is 2.13. The van der Waals surface area contributed by atoms with Gasteiger partial charge in [0.1, 0.15) is 0 Å². The van der Waals surface area contributed by atoms with E-state index in [1.54, 1.807) is 16.9 Å². The molecule has 0 atom stereocenters. The molecule has 6 heteroatoms. The van der Waals surface area contributed by atoms with Crippen molar-refractivity contribution in [2.24, 2.45) is 0 Å². The monoisotopic (exact) mass is 362 g/mol. The van der Waals surface area contributed by atoms with Gasteiger partial charge in [0.2, 0.25) is 5.91 Å². The van der Waals surface area contributed by atoms with Crippen molar-refractivity contribution in [3.05, 3.63) is 83.2 Å². The van der Waals surface area contributed by atoms with E-state index in [-0.39, 0.29) is 11.8 Å². The molecule has 2 N–H and O–H groups in total. The Morgan fingerprint density at radius 3 is 2.52 bits per heavy atom. The average molecular weight is 362 g/mol. The summed E-state index contributed by atoms with van der Waals surface area (Å²) in [4.78, 5) is 23.8. The van der Waals surface area contributed by atoms with Gasteiger partial charge in [0, 0.05) is 31.8 Å². The van der Waals surface area contributed by atoms with Crippen molar-refractivity contribution in [2.45, 2.75) is 26.9 Å². The smallest absolute Gasteiger partial charge is 0.253 e. The highest BCUT2D eigenvalue weighted by molar-refractivity contribution is 5.97. The Morgan fingerprint density at radius 1 is 1.00 bits per heavy atom. The van der Waals surface area contributed by atoms with Crippen LogP contribution < -0.4 is 10.6 Å². The molecule has 0 saturated carbocycles. The third-order valence-electron chi connectivity index (χ3n) is 4.27. The van der Waals surface area contributed by atoms with E-state index in [4.69, 9.17) is 0 Å². The molecule has 27 heavy (non-hydrogen) atoms. The van der Waals surface area contributed by atoms with Gasteiger partial charge in [0.15, 0.2) is 0 Å². The van der Waals surface area contributed by atoms with Crippen LogP contribution in [0, 0.1) is 6.92 Å². The molecule has 0 bridgehead atoms. The summed E-state index contributed by atoms with van der Waals surface area (Å²) in [7, 11) is 0. The number of amides is 2. The predicted octanol–water partition coefficient (Wildman–Crippen LogP) is 2.75. The van der Waals surface area contributed by atoms with Gasteiger partial charge in [-0.1, -0.05) is 36.4 Å². The number of para-hydroxylation sites is 1. The number of aromatic nitrogens is 2. The number of carbonyl (C=O) groups excluding carboxylic acids is 2. The van der Waals surface area contributed by atoms with E-state index in [2.05, 4.69) is 15.7 Å². The van der Waals surface area contributed by atoms with E-state index in [0.29, 0.717) is 24.3 Å². The molecule has 3 aromatic rings. The quantitative estimate of drug-likeness (QED) is 0.708. The molecule has 0 unspecified atom stereocenters. The lowest BCUT2D eigenvalue weighted by molar-refractivity contribution is -0.119. The second-order valence-electron chi connectivity index (χ2n) is 6.33. The normalized spacial score (nSPS) is 10.4. The topological polar surface area (TPSA) is 76.0 Å². The van der Waals surface area contributed by atoms with Crippen molar-refractivity contribution in [2.75, 3.05) is 0 Å². The van der Waals surface area contributed by atoms with Crippen LogP contribution in [0.15, 0.2) is 60.9 Å². The van der Waals surface area contributed by atoms with Crippen molar-refractivity contribution in [3.63, 3.8) is 0 Å². The van der Waals surface area contributed by atoms with Gasteiger partial charge in [0.05, 0.1) is 17.4 Å². The third-order valence-corrected chi connectivity index (χ3v) is 4.27. The molecule has 0 aliphatic rings. The molecule has 0 aliphatic carbocycles. The Balaban J connectivity index is 1.76. The standard InChI is InChI=1S/C21H22N4O2/c1-15-7-3-4-8-18(15)13-23-21(27)19-9-5-6-10-20(19)25-14-17(12-24-25)11-22-16(2)26/h3-10,12,14H,11,13H2,1-2H3,(H,22,26)(H,23,27). The molecular weight excluding hydrogens is 340 g/mol. The summed E-state index contributed by atoms with van der Waals surface area (Å²) in [5.74, 6) is -0.258. The zero-order chi connectivity index (χ0) is 19.2. The van der Waals surface area contributed by atoms with Crippen molar-refractivity contribution in [3.8, 4) is 5.69 Å². The number of hydrogen-bond donors (Lipinski definition) is 2. The van der Waals surface area contributed by atoms with Crippen LogP contribution in [0.5, 0.6) is 0 Å². The molecule has 2 aromatic carbocycles. The van der Waals surface area contributed by atoms with E-state index in [1.165, 1.54) is 6.92 Å². The van der Waals surface area contributed by atoms with Crippen LogP contribution in [-0.2, 0) is 17.9 Å². The number of aryl methyl sites for hydroxylation is 1. The lowest BCUT2D eigenvalue weighted by Crippen LogP contribution is -2.24. The highest BCUT2D eigenvalue weighted by Crippen LogP contribution is 2.15. The molecule has 6 nitrogen and oxygen atoms in total. The van der Waals surface area contributed by atoms with Gasteiger partial charge >= 0.3 is 0 Å². The summed E-state index contributed by atoms with van der Waals surface area (Å²) in [6.45, 7) is 4.36. The third kappa shape index (κ3) is 4.61. The first-order valence-electron chi connectivity index (χ1n) is 8.74. The van der Waals surface area contributed by atoms with Gasteiger partial charge in [-0.3, -0.25) is 9.59 Å². The van der Waals surface area contributed by atoms with Gasteiger partial charge in [-0.2, -0.15) is 5.10 Å². The summed E-state index contributed by atoms with van der Waals surface area (Å²) in [6, 6.07) is 15.3. The van der Waals surface area contributed by atoms with Gasteiger partial charge in [-0.25, -0.2) is 4.68 Å². The van der Waals surface area contributed by atoms with Gasteiger partial charge in [-0.15, -0.1) is 0 Å². The molecule has 0 radical (unpaired) electrons. The molecule has 1 aromatic heterocycles. The zero-order valence-corrected chi connectivity index (χ0v) is 15.4. The first-order valence-corrected chi connectivity index (χ1v) is 8.74. The minimum atomic E-state index is -0.159. The second kappa shape index (κ2) is 8.31. The minimum absolute atomic E-state index is 0.0984. The summed E-state index contributed by atoms with van der Waals surface area (Å²) >= 11 is 0.